The summed E-state index contributed by atoms with van der Waals surface area (Å²) in [5.74, 6) is -2.62. The molecule has 0 aromatic carbocycles. The Kier molecular flexibility index (Phi) is 10.8. The van der Waals surface area contributed by atoms with Gasteiger partial charge in [-0.05, 0) is 0 Å². The molecule has 0 saturated carbocycles. The van der Waals surface area contributed by atoms with Crippen molar-refractivity contribution in [1.82, 2.24) is 20.1 Å². The van der Waals surface area contributed by atoms with Crippen molar-refractivity contribution in [3.8, 4) is 0 Å². The third kappa shape index (κ3) is 10.0. The Bertz CT molecular complexity index is 567. The van der Waals surface area contributed by atoms with Crippen LogP contribution in [0, 0.1) is 0 Å². The Hall–Kier alpha value is -1.85. The molecule has 0 aliphatic rings. The molecule has 0 aliphatic carbocycles. The monoisotopic (exact) mass is 384 g/mol. The lowest BCUT2D eigenvalue weighted by atomic mass is 10.2. The number of H-pyrrole nitrogens is 1. The topological polar surface area (TPSA) is 228 Å². The highest BCUT2D eigenvalue weighted by atomic mass is 31.1. The summed E-state index contributed by atoms with van der Waals surface area (Å²) < 4.78 is 20.1. The van der Waals surface area contributed by atoms with E-state index in [9.17, 15) is 28.5 Å². The second-order valence-electron chi connectivity index (χ2n) is 4.02. The van der Waals surface area contributed by atoms with Gasteiger partial charge in [0.05, 0.1) is 12.9 Å². The number of aromatic amines is 1. The molecule has 1 rings (SSSR count). The quantitative estimate of drug-likeness (QED) is 0.235. The number of aliphatic hydroxyl groups is 1. The average molecular weight is 384 g/mol. The standard InChI is InChI=1S/C6H8N3O4P.C3H6NO5P/c10-6(11)5(9-14(12)13)1-4-2-7-3-8-4;5-1-2(3(6)7)4-10(8)9/h2-3,5H,1H2,(H,7,8)(H,10,11)(H,9,12,13);2,5H,1H2,(H,6,7)(H,4,8,9). The van der Waals surface area contributed by atoms with Gasteiger partial charge in [-0.2, -0.15) is 0 Å². The second kappa shape index (κ2) is 11.6. The van der Waals surface area contributed by atoms with Crippen LogP contribution in [0.5, 0.6) is 0 Å². The maximum absolute atomic E-state index is 10.6. The first-order chi connectivity index (χ1) is 11.2. The summed E-state index contributed by atoms with van der Waals surface area (Å²) in [4.78, 5) is 47.0. The normalized spacial score (nSPS) is 14.0. The molecule has 6 N–H and O–H groups in total. The van der Waals surface area contributed by atoms with Crippen molar-refractivity contribution < 1.29 is 43.8 Å². The number of nitrogens with zero attached hydrogens (tertiary/aromatic N) is 1. The van der Waals surface area contributed by atoms with Crippen molar-refractivity contribution >= 4 is 28.3 Å². The van der Waals surface area contributed by atoms with E-state index < -0.39 is 47.0 Å². The van der Waals surface area contributed by atoms with E-state index in [0.717, 1.165) is 0 Å². The predicted molar refractivity (Wildman–Crippen MR) is 73.7 cm³/mol. The van der Waals surface area contributed by atoms with E-state index in [1.54, 1.807) is 5.09 Å². The lowest BCUT2D eigenvalue weighted by Crippen LogP contribution is -2.36. The van der Waals surface area contributed by atoms with Gasteiger partial charge in [-0.25, -0.2) is 4.98 Å². The molecule has 24 heavy (non-hydrogen) atoms. The lowest BCUT2D eigenvalue weighted by molar-refractivity contribution is -0.169. The van der Waals surface area contributed by atoms with Crippen molar-refractivity contribution in [1.29, 1.82) is 0 Å². The van der Waals surface area contributed by atoms with Gasteiger partial charge in [-0.1, -0.05) is 19.3 Å². The molecule has 0 bridgehead atoms. The molecule has 0 radical (unpaired) electrons. The van der Waals surface area contributed by atoms with E-state index in [-0.39, 0.29) is 6.42 Å². The van der Waals surface area contributed by atoms with Gasteiger partial charge in [-0.15, -0.1) is 0 Å². The summed E-state index contributed by atoms with van der Waals surface area (Å²) in [6.45, 7) is -0.751. The minimum absolute atomic E-state index is 0.0403. The smallest absolute Gasteiger partial charge is 0.409 e. The molecule has 134 valence electrons. The Labute approximate surface area is 136 Å². The molecule has 0 amide bonds. The number of hydrogen-bond acceptors (Lipinski definition) is 8. The SMILES string of the molecule is O=C(O)C(CO)N[P+](=O)[O-].O=C(O)C(Cc1cnc[nH]1)N[P+](=O)[O-]. The molecule has 0 spiro atoms. The average Bonchev–Trinajstić information content (AvgIpc) is 2.96. The van der Waals surface area contributed by atoms with Gasteiger partial charge in [0.25, 0.3) is 0 Å². The summed E-state index contributed by atoms with van der Waals surface area (Å²) >= 11 is 0. The first kappa shape index (κ1) is 22.1. The summed E-state index contributed by atoms with van der Waals surface area (Å²) in [7, 11) is -5.89. The van der Waals surface area contributed by atoms with E-state index in [1.165, 1.54) is 12.5 Å². The van der Waals surface area contributed by atoms with Gasteiger partial charge >= 0.3 is 28.3 Å². The number of carboxylic acid groups (broad SMARTS) is 2. The number of nitrogens with one attached hydrogen (secondary N) is 3. The summed E-state index contributed by atoms with van der Waals surface area (Å²) in [6.07, 6.45) is 2.87. The number of rotatable bonds is 9. The first-order valence-electron chi connectivity index (χ1n) is 6.02. The first-order valence-corrected chi connectivity index (χ1v) is 8.37. The maximum Gasteiger partial charge on any atom is 0.409 e. The molecule has 1 aromatic heterocycles. The van der Waals surface area contributed by atoms with E-state index >= 15 is 0 Å². The summed E-state index contributed by atoms with van der Waals surface area (Å²) in [5, 5.41) is 28.6. The Balaban J connectivity index is 0.000000470. The molecule has 0 aliphatic heterocycles. The van der Waals surface area contributed by atoms with E-state index in [4.69, 9.17) is 15.3 Å². The highest BCUT2D eigenvalue weighted by molar-refractivity contribution is 7.34. The van der Waals surface area contributed by atoms with Gasteiger partial charge in [0.1, 0.15) is 0 Å². The molecule has 4 unspecified atom stereocenters. The van der Waals surface area contributed by atoms with Crippen molar-refractivity contribution in [2.45, 2.75) is 18.5 Å². The lowest BCUT2D eigenvalue weighted by Gasteiger charge is -2.06. The number of hydrogen-bond donors (Lipinski definition) is 6. The molecule has 1 heterocycles. The van der Waals surface area contributed by atoms with E-state index in [2.05, 4.69) is 9.97 Å². The molecule has 0 saturated heterocycles. The zero-order chi connectivity index (χ0) is 18.7. The van der Waals surface area contributed by atoms with Crippen LogP contribution in [0.1, 0.15) is 5.69 Å². The predicted octanol–water partition coefficient (Wildman–Crippen LogP) is -2.95. The fraction of sp³-hybridized carbons (Fsp3) is 0.444. The minimum atomic E-state index is -2.97. The fourth-order valence-corrected chi connectivity index (χ4v) is 2.14. The second-order valence-corrected chi connectivity index (χ2v) is 5.56. The zero-order valence-corrected chi connectivity index (χ0v) is 13.6. The van der Waals surface area contributed by atoms with Crippen molar-refractivity contribution in [3.05, 3.63) is 18.2 Å². The van der Waals surface area contributed by atoms with Crippen LogP contribution in [0.2, 0.25) is 0 Å². The van der Waals surface area contributed by atoms with E-state index in [1.807, 2.05) is 5.09 Å². The molecule has 0 fully saturated rings. The number of aliphatic carboxylic acids is 2. The van der Waals surface area contributed by atoms with Gasteiger partial charge in [0.15, 0.2) is 12.1 Å². The number of carboxylic acids is 2. The third-order valence-electron chi connectivity index (χ3n) is 2.28. The zero-order valence-electron chi connectivity index (χ0n) is 11.9. The van der Waals surface area contributed by atoms with Crippen molar-refractivity contribution in [3.63, 3.8) is 0 Å². The third-order valence-corrected chi connectivity index (χ3v) is 3.33. The van der Waals surface area contributed by atoms with Crippen LogP contribution in [0.3, 0.4) is 0 Å². The Morgan fingerprint density at radius 2 is 1.67 bits per heavy atom. The molecule has 4 atom stereocenters. The molecular weight excluding hydrogens is 370 g/mol. The molecular formula is C9H14N4O9P2. The minimum Gasteiger partial charge on any atom is -0.578 e. The molecule has 13 nitrogen and oxygen atoms in total. The van der Waals surface area contributed by atoms with Gasteiger partial charge in [0.2, 0.25) is 0 Å². The maximum atomic E-state index is 10.6. The molecule has 15 heteroatoms. The number of aliphatic hydroxyl groups excluding tert-OH is 1. The van der Waals surface area contributed by atoms with Crippen LogP contribution >= 0.6 is 16.4 Å². The van der Waals surface area contributed by atoms with Crippen LogP contribution in [-0.4, -0.2) is 55.9 Å². The largest absolute Gasteiger partial charge is 0.578 e. The summed E-state index contributed by atoms with van der Waals surface area (Å²) in [5.41, 5.74) is 0.557. The van der Waals surface area contributed by atoms with E-state index in [0.29, 0.717) is 5.69 Å². The van der Waals surface area contributed by atoms with Crippen molar-refractivity contribution in [2.24, 2.45) is 0 Å². The van der Waals surface area contributed by atoms with Crippen LogP contribution in [0.25, 0.3) is 0 Å². The number of aromatic nitrogens is 2. The highest BCUT2D eigenvalue weighted by Gasteiger charge is 2.23. The van der Waals surface area contributed by atoms with Gasteiger partial charge < -0.3 is 30.1 Å². The van der Waals surface area contributed by atoms with Crippen LogP contribution in [0.15, 0.2) is 12.5 Å². The van der Waals surface area contributed by atoms with Crippen LogP contribution < -0.4 is 20.0 Å². The fourth-order valence-electron chi connectivity index (χ4n) is 1.23. The highest BCUT2D eigenvalue weighted by Crippen LogP contribution is 2.06. The Morgan fingerprint density at radius 3 is 1.96 bits per heavy atom. The number of imidazole rings is 1. The van der Waals surface area contributed by atoms with Gasteiger partial charge in [0, 0.05) is 18.3 Å². The van der Waals surface area contributed by atoms with Gasteiger partial charge in [-0.3, -0.25) is 9.59 Å². The van der Waals surface area contributed by atoms with Crippen molar-refractivity contribution in [2.75, 3.05) is 6.61 Å². The number of carbonyl (C=O) groups is 2. The molecule has 1 aromatic rings. The van der Waals surface area contributed by atoms with Crippen LogP contribution in [0.4, 0.5) is 0 Å². The summed E-state index contributed by atoms with van der Waals surface area (Å²) in [6, 6.07) is -2.59. The van der Waals surface area contributed by atoms with Crippen LogP contribution in [-0.2, 0) is 25.1 Å². The Morgan fingerprint density at radius 1 is 1.17 bits per heavy atom.